The number of hydrogen-bond acceptors (Lipinski definition) is 2. The predicted molar refractivity (Wildman–Crippen MR) is 81.9 cm³/mol. The van der Waals surface area contributed by atoms with Gasteiger partial charge >= 0.3 is 5.97 Å². The number of para-hydroxylation sites is 1. The van der Waals surface area contributed by atoms with E-state index in [1.165, 1.54) is 0 Å². The highest BCUT2D eigenvalue weighted by molar-refractivity contribution is 5.87. The van der Waals surface area contributed by atoms with Gasteiger partial charge in [0.1, 0.15) is 16.9 Å². The summed E-state index contributed by atoms with van der Waals surface area (Å²) in [4.78, 5) is 12.0. The van der Waals surface area contributed by atoms with E-state index in [4.69, 9.17) is 4.74 Å². The molecule has 0 aromatic heterocycles. The number of carbonyl (C=O) groups is 1. The van der Waals surface area contributed by atoms with E-state index in [0.717, 1.165) is 29.7 Å². The fourth-order valence-electron chi connectivity index (χ4n) is 2.92. The molecule has 0 radical (unpaired) electrons. The molecule has 108 valence electrons. The molecule has 1 aromatic carbocycles. The van der Waals surface area contributed by atoms with Crippen molar-refractivity contribution in [3.8, 4) is 5.75 Å². The van der Waals surface area contributed by atoms with E-state index >= 15 is 0 Å². The van der Waals surface area contributed by atoms with Crippen molar-refractivity contribution < 1.29 is 14.6 Å². The number of hydrogen-bond donors (Lipinski definition) is 1. The highest BCUT2D eigenvalue weighted by atomic mass is 16.5. The van der Waals surface area contributed by atoms with Gasteiger partial charge in [0.05, 0.1) is 0 Å². The minimum atomic E-state index is -0.979. The lowest BCUT2D eigenvalue weighted by Gasteiger charge is -2.34. The molecule has 1 unspecified atom stereocenters. The molecular formula is C18H18O3. The van der Waals surface area contributed by atoms with Crippen LogP contribution < -0.4 is 4.74 Å². The summed E-state index contributed by atoms with van der Waals surface area (Å²) in [5.41, 5.74) is 0.708. The fourth-order valence-corrected chi connectivity index (χ4v) is 2.92. The zero-order chi connectivity index (χ0) is 14.9. The van der Waals surface area contributed by atoms with Crippen LogP contribution >= 0.6 is 0 Å². The number of unbranched alkanes of at least 4 members (excludes halogenated alkanes) is 1. The second kappa shape index (κ2) is 5.24. The van der Waals surface area contributed by atoms with Gasteiger partial charge in [0.2, 0.25) is 0 Å². The number of carboxylic acid groups (broad SMARTS) is 1. The third kappa shape index (κ3) is 2.19. The summed E-state index contributed by atoms with van der Waals surface area (Å²) >= 11 is 0. The summed E-state index contributed by atoms with van der Waals surface area (Å²) in [6.45, 7) is 2.07. The average molecular weight is 282 g/mol. The van der Waals surface area contributed by atoms with E-state index < -0.39 is 11.4 Å². The van der Waals surface area contributed by atoms with E-state index in [0.29, 0.717) is 12.2 Å². The Morgan fingerprint density at radius 2 is 2.14 bits per heavy atom. The molecule has 3 heteroatoms. The summed E-state index contributed by atoms with van der Waals surface area (Å²) in [6.07, 6.45) is 9.80. The number of fused-ring (bicyclic) bond motifs is 2. The second-order valence-electron chi connectivity index (χ2n) is 5.47. The lowest BCUT2D eigenvalue weighted by atomic mass is 9.71. The minimum Gasteiger partial charge on any atom is -0.480 e. The van der Waals surface area contributed by atoms with Gasteiger partial charge in [-0.2, -0.15) is 0 Å². The van der Waals surface area contributed by atoms with Crippen molar-refractivity contribution in [2.75, 3.05) is 0 Å². The molecular weight excluding hydrogens is 264 g/mol. The van der Waals surface area contributed by atoms with E-state index in [2.05, 4.69) is 6.92 Å². The Bertz CT molecular complexity index is 667. The summed E-state index contributed by atoms with van der Waals surface area (Å²) in [6, 6.07) is 7.69. The molecule has 1 aromatic rings. The summed E-state index contributed by atoms with van der Waals surface area (Å²) in [5, 5.41) is 9.83. The van der Waals surface area contributed by atoms with E-state index in [1.54, 1.807) is 12.2 Å². The third-order valence-corrected chi connectivity index (χ3v) is 4.12. The summed E-state index contributed by atoms with van der Waals surface area (Å²) in [5.74, 6) is 0.610. The van der Waals surface area contributed by atoms with Crippen molar-refractivity contribution in [3.63, 3.8) is 0 Å². The van der Waals surface area contributed by atoms with Gasteiger partial charge in [-0.05, 0) is 24.6 Å². The maximum Gasteiger partial charge on any atom is 0.318 e. The molecule has 0 saturated heterocycles. The first kappa shape index (κ1) is 13.7. The Morgan fingerprint density at radius 1 is 1.33 bits per heavy atom. The maximum absolute atomic E-state index is 12.0. The van der Waals surface area contributed by atoms with Crippen LogP contribution in [0, 0.1) is 5.41 Å². The van der Waals surface area contributed by atoms with Crippen molar-refractivity contribution in [2.24, 2.45) is 5.41 Å². The van der Waals surface area contributed by atoms with Crippen LogP contribution in [-0.4, -0.2) is 11.1 Å². The van der Waals surface area contributed by atoms with Gasteiger partial charge in [0.25, 0.3) is 0 Å². The molecule has 0 amide bonds. The first-order valence-electron chi connectivity index (χ1n) is 7.30. The quantitative estimate of drug-likeness (QED) is 0.901. The maximum atomic E-state index is 12.0. The first-order chi connectivity index (χ1) is 10.2. The fraction of sp³-hybridized carbons (Fsp3) is 0.278. The predicted octanol–water partition coefficient (Wildman–Crippen LogP) is 4.18. The van der Waals surface area contributed by atoms with E-state index in [9.17, 15) is 9.90 Å². The molecule has 1 aliphatic heterocycles. The highest BCUT2D eigenvalue weighted by Gasteiger charge is 2.44. The van der Waals surface area contributed by atoms with Crippen LogP contribution in [-0.2, 0) is 4.79 Å². The van der Waals surface area contributed by atoms with Gasteiger partial charge in [-0.15, -0.1) is 0 Å². The first-order valence-corrected chi connectivity index (χ1v) is 7.30. The SMILES string of the molecule is CCCCC1(C(=O)O)C=CC=C2Oc3ccccc3C=C21. The Balaban J connectivity index is 2.12. The minimum absolute atomic E-state index is 0.587. The number of carboxylic acids is 1. The molecule has 1 heterocycles. The Kier molecular flexibility index (Phi) is 3.42. The van der Waals surface area contributed by atoms with Crippen LogP contribution in [0.15, 0.2) is 53.8 Å². The number of ether oxygens (including phenoxy) is 1. The van der Waals surface area contributed by atoms with Crippen LogP contribution in [0.4, 0.5) is 0 Å². The van der Waals surface area contributed by atoms with Gasteiger partial charge in [-0.25, -0.2) is 0 Å². The molecule has 0 bridgehead atoms. The molecule has 3 rings (SSSR count). The van der Waals surface area contributed by atoms with Gasteiger partial charge in [0, 0.05) is 11.1 Å². The van der Waals surface area contributed by atoms with Gasteiger partial charge in [-0.1, -0.05) is 50.1 Å². The molecule has 2 aliphatic rings. The number of benzene rings is 1. The topological polar surface area (TPSA) is 46.5 Å². The monoisotopic (exact) mass is 282 g/mol. The Morgan fingerprint density at radius 3 is 2.90 bits per heavy atom. The largest absolute Gasteiger partial charge is 0.480 e. The highest BCUT2D eigenvalue weighted by Crippen LogP contribution is 2.46. The van der Waals surface area contributed by atoms with Crippen LogP contribution in [0.3, 0.4) is 0 Å². The van der Waals surface area contributed by atoms with Crippen LogP contribution in [0.25, 0.3) is 6.08 Å². The smallest absolute Gasteiger partial charge is 0.318 e. The molecule has 0 fully saturated rings. The third-order valence-electron chi connectivity index (χ3n) is 4.12. The zero-order valence-corrected chi connectivity index (χ0v) is 12.0. The van der Waals surface area contributed by atoms with Gasteiger partial charge in [-0.3, -0.25) is 4.79 Å². The van der Waals surface area contributed by atoms with Gasteiger partial charge < -0.3 is 9.84 Å². The van der Waals surface area contributed by atoms with Crippen LogP contribution in [0.2, 0.25) is 0 Å². The number of rotatable bonds is 4. The van der Waals surface area contributed by atoms with Crippen LogP contribution in [0.5, 0.6) is 5.75 Å². The molecule has 1 N–H and O–H groups in total. The number of aliphatic carboxylic acids is 1. The summed E-state index contributed by atoms with van der Waals surface area (Å²) in [7, 11) is 0. The molecule has 1 atom stereocenters. The second-order valence-corrected chi connectivity index (χ2v) is 5.47. The van der Waals surface area contributed by atoms with Crippen molar-refractivity contribution >= 4 is 12.0 Å². The molecule has 0 saturated carbocycles. The Hall–Kier alpha value is -2.29. The zero-order valence-electron chi connectivity index (χ0n) is 12.0. The van der Waals surface area contributed by atoms with E-state index in [1.807, 2.05) is 36.4 Å². The lowest BCUT2D eigenvalue weighted by molar-refractivity contribution is -0.144. The normalized spacial score (nSPS) is 22.5. The Labute approximate surface area is 124 Å². The standard InChI is InChI=1S/C18H18O3/c1-2-3-10-18(17(19)20)11-6-9-16-14(18)12-13-7-4-5-8-15(13)21-16/h4-9,11-12H,2-3,10H2,1H3,(H,19,20). The lowest BCUT2D eigenvalue weighted by Crippen LogP contribution is -2.35. The molecule has 3 nitrogen and oxygen atoms in total. The van der Waals surface area contributed by atoms with E-state index in [-0.39, 0.29) is 0 Å². The average Bonchev–Trinajstić information content (AvgIpc) is 2.50. The van der Waals surface area contributed by atoms with Crippen molar-refractivity contribution in [1.82, 2.24) is 0 Å². The van der Waals surface area contributed by atoms with Crippen molar-refractivity contribution in [2.45, 2.75) is 26.2 Å². The molecule has 0 spiro atoms. The number of allylic oxidation sites excluding steroid dienone is 3. The van der Waals surface area contributed by atoms with Crippen molar-refractivity contribution in [3.05, 3.63) is 59.4 Å². The summed E-state index contributed by atoms with van der Waals surface area (Å²) < 4.78 is 5.90. The van der Waals surface area contributed by atoms with Crippen molar-refractivity contribution in [1.29, 1.82) is 0 Å². The van der Waals surface area contributed by atoms with Gasteiger partial charge in [0.15, 0.2) is 0 Å². The van der Waals surface area contributed by atoms with Crippen LogP contribution in [0.1, 0.15) is 31.7 Å². The molecule has 1 aliphatic carbocycles. The molecule has 21 heavy (non-hydrogen) atoms.